The molecule has 1 heterocycles. The SMILES string of the molecule is CC(NC(=O)c1ccc(Cl)cc1)c1nnc(SCc2ccc(Cl)cc2)n1C. The van der Waals surface area contributed by atoms with Crippen molar-refractivity contribution in [1.82, 2.24) is 20.1 Å². The number of nitrogens with one attached hydrogen (secondary N) is 1. The lowest BCUT2D eigenvalue weighted by atomic mass is 10.2. The van der Waals surface area contributed by atoms with Gasteiger partial charge in [-0.25, -0.2) is 0 Å². The molecule has 3 aromatic rings. The molecule has 0 spiro atoms. The van der Waals surface area contributed by atoms with E-state index >= 15 is 0 Å². The molecule has 1 unspecified atom stereocenters. The van der Waals surface area contributed by atoms with Gasteiger partial charge in [0.1, 0.15) is 0 Å². The van der Waals surface area contributed by atoms with Gasteiger partial charge in [0.25, 0.3) is 5.91 Å². The van der Waals surface area contributed by atoms with Crippen LogP contribution in [0, 0.1) is 0 Å². The van der Waals surface area contributed by atoms with Gasteiger partial charge in [0.15, 0.2) is 11.0 Å². The van der Waals surface area contributed by atoms with E-state index in [0.717, 1.165) is 21.5 Å². The highest BCUT2D eigenvalue weighted by Gasteiger charge is 2.18. The van der Waals surface area contributed by atoms with Gasteiger partial charge in [-0.05, 0) is 48.9 Å². The first-order chi connectivity index (χ1) is 12.9. The van der Waals surface area contributed by atoms with Gasteiger partial charge >= 0.3 is 0 Å². The minimum absolute atomic E-state index is 0.183. The molecular formula is C19H18Cl2N4OS. The zero-order valence-electron chi connectivity index (χ0n) is 14.8. The van der Waals surface area contributed by atoms with E-state index in [4.69, 9.17) is 23.2 Å². The van der Waals surface area contributed by atoms with Crippen LogP contribution in [0.2, 0.25) is 10.0 Å². The maximum atomic E-state index is 12.4. The van der Waals surface area contributed by atoms with Crippen LogP contribution >= 0.6 is 35.0 Å². The highest BCUT2D eigenvalue weighted by molar-refractivity contribution is 7.98. The van der Waals surface area contributed by atoms with Crippen molar-refractivity contribution < 1.29 is 4.79 Å². The maximum Gasteiger partial charge on any atom is 0.251 e. The van der Waals surface area contributed by atoms with Crippen molar-refractivity contribution in [3.8, 4) is 0 Å². The van der Waals surface area contributed by atoms with Gasteiger partial charge in [-0.15, -0.1) is 10.2 Å². The average molecular weight is 421 g/mol. The van der Waals surface area contributed by atoms with Crippen molar-refractivity contribution in [2.75, 3.05) is 0 Å². The number of carbonyl (C=O) groups excluding carboxylic acids is 1. The van der Waals surface area contributed by atoms with Crippen LogP contribution in [-0.4, -0.2) is 20.7 Å². The molecule has 0 saturated heterocycles. The molecule has 8 heteroatoms. The smallest absolute Gasteiger partial charge is 0.251 e. The summed E-state index contributed by atoms with van der Waals surface area (Å²) >= 11 is 13.4. The Morgan fingerprint density at radius 3 is 2.30 bits per heavy atom. The Morgan fingerprint density at radius 2 is 1.67 bits per heavy atom. The number of thioether (sulfide) groups is 1. The molecule has 5 nitrogen and oxygen atoms in total. The molecule has 1 atom stereocenters. The summed E-state index contributed by atoms with van der Waals surface area (Å²) < 4.78 is 1.90. The Morgan fingerprint density at radius 1 is 1.07 bits per heavy atom. The molecule has 1 N–H and O–H groups in total. The summed E-state index contributed by atoms with van der Waals surface area (Å²) in [5, 5.41) is 13.5. The van der Waals surface area contributed by atoms with Crippen LogP contribution in [0.5, 0.6) is 0 Å². The van der Waals surface area contributed by atoms with Crippen molar-refractivity contribution in [2.24, 2.45) is 7.05 Å². The first-order valence-corrected chi connectivity index (χ1v) is 10.0. The fraction of sp³-hybridized carbons (Fsp3) is 0.211. The highest BCUT2D eigenvalue weighted by Crippen LogP contribution is 2.24. The summed E-state index contributed by atoms with van der Waals surface area (Å²) in [5.74, 6) is 1.27. The largest absolute Gasteiger partial charge is 0.342 e. The van der Waals surface area contributed by atoms with Crippen LogP contribution in [0.25, 0.3) is 0 Å². The fourth-order valence-corrected chi connectivity index (χ4v) is 3.63. The van der Waals surface area contributed by atoms with E-state index in [-0.39, 0.29) is 11.9 Å². The average Bonchev–Trinajstić information content (AvgIpc) is 3.02. The minimum Gasteiger partial charge on any atom is -0.342 e. The molecule has 3 rings (SSSR count). The Hall–Kier alpha value is -2.02. The van der Waals surface area contributed by atoms with Gasteiger partial charge in [-0.3, -0.25) is 4.79 Å². The number of hydrogen-bond donors (Lipinski definition) is 1. The first kappa shape index (κ1) is 19.7. The van der Waals surface area contributed by atoms with Crippen molar-refractivity contribution in [3.05, 3.63) is 75.5 Å². The van der Waals surface area contributed by atoms with Gasteiger partial charge in [0.2, 0.25) is 0 Å². The number of hydrogen-bond acceptors (Lipinski definition) is 4. The minimum atomic E-state index is -0.282. The third kappa shape index (κ3) is 5.03. The Bertz CT molecular complexity index is 926. The van der Waals surface area contributed by atoms with Gasteiger partial charge < -0.3 is 9.88 Å². The van der Waals surface area contributed by atoms with Crippen molar-refractivity contribution in [2.45, 2.75) is 23.9 Å². The summed E-state index contributed by atoms with van der Waals surface area (Å²) in [5.41, 5.74) is 1.70. The van der Waals surface area contributed by atoms with Gasteiger partial charge in [-0.1, -0.05) is 47.1 Å². The molecule has 27 heavy (non-hydrogen) atoms. The zero-order chi connectivity index (χ0) is 19.4. The topological polar surface area (TPSA) is 59.8 Å². The third-order valence-electron chi connectivity index (χ3n) is 3.99. The van der Waals surface area contributed by atoms with E-state index in [9.17, 15) is 4.79 Å². The molecule has 1 aromatic heterocycles. The Balaban J connectivity index is 1.64. The van der Waals surface area contributed by atoms with Crippen LogP contribution in [-0.2, 0) is 12.8 Å². The highest BCUT2D eigenvalue weighted by atomic mass is 35.5. The van der Waals surface area contributed by atoms with Crippen LogP contribution in [0.15, 0.2) is 53.7 Å². The lowest BCUT2D eigenvalue weighted by Gasteiger charge is -2.13. The Kier molecular flexibility index (Phi) is 6.42. The van der Waals surface area contributed by atoms with Crippen molar-refractivity contribution in [3.63, 3.8) is 0 Å². The molecule has 0 radical (unpaired) electrons. The molecule has 0 aliphatic heterocycles. The molecule has 0 saturated carbocycles. The Labute approximate surface area is 172 Å². The summed E-state index contributed by atoms with van der Waals surface area (Å²) in [7, 11) is 1.89. The number of aromatic nitrogens is 3. The van der Waals surface area contributed by atoms with E-state index < -0.39 is 0 Å². The second-order valence-corrected chi connectivity index (χ2v) is 7.83. The molecule has 2 aromatic carbocycles. The lowest BCUT2D eigenvalue weighted by Crippen LogP contribution is -2.28. The number of halogens is 2. The van der Waals surface area contributed by atoms with E-state index in [2.05, 4.69) is 15.5 Å². The maximum absolute atomic E-state index is 12.4. The van der Waals surface area contributed by atoms with Crippen LogP contribution in [0.3, 0.4) is 0 Å². The van der Waals surface area contributed by atoms with E-state index in [0.29, 0.717) is 16.4 Å². The second-order valence-electron chi connectivity index (χ2n) is 6.02. The molecular weight excluding hydrogens is 403 g/mol. The van der Waals surface area contributed by atoms with E-state index in [1.165, 1.54) is 0 Å². The van der Waals surface area contributed by atoms with Gasteiger partial charge in [0, 0.05) is 28.4 Å². The number of amides is 1. The standard InChI is InChI=1S/C19H18Cl2N4OS/c1-12(22-18(26)14-5-9-16(21)10-6-14)17-23-24-19(25(17)2)27-11-13-3-7-15(20)8-4-13/h3-10,12H,11H2,1-2H3,(H,22,26). The predicted molar refractivity (Wildman–Crippen MR) is 109 cm³/mol. The summed E-state index contributed by atoms with van der Waals surface area (Å²) in [6.07, 6.45) is 0. The molecule has 0 aliphatic carbocycles. The zero-order valence-corrected chi connectivity index (χ0v) is 17.1. The van der Waals surface area contributed by atoms with Crippen LogP contribution < -0.4 is 5.32 Å². The number of nitrogens with zero attached hydrogens (tertiary/aromatic N) is 3. The summed E-state index contributed by atoms with van der Waals surface area (Å²) in [4.78, 5) is 12.4. The van der Waals surface area contributed by atoms with Crippen LogP contribution in [0.1, 0.15) is 34.7 Å². The normalized spacial score (nSPS) is 12.0. The molecule has 140 valence electrons. The third-order valence-corrected chi connectivity index (χ3v) is 5.59. The van der Waals surface area contributed by atoms with Gasteiger partial charge in [0.05, 0.1) is 6.04 Å². The first-order valence-electron chi connectivity index (χ1n) is 8.27. The molecule has 0 bridgehead atoms. The van der Waals surface area contributed by atoms with Gasteiger partial charge in [-0.2, -0.15) is 0 Å². The van der Waals surface area contributed by atoms with Crippen molar-refractivity contribution in [1.29, 1.82) is 0 Å². The fourth-order valence-electron chi connectivity index (χ4n) is 2.50. The van der Waals surface area contributed by atoms with Crippen LogP contribution in [0.4, 0.5) is 0 Å². The lowest BCUT2D eigenvalue weighted by molar-refractivity contribution is 0.0937. The monoisotopic (exact) mass is 420 g/mol. The molecule has 1 amide bonds. The summed E-state index contributed by atoms with van der Waals surface area (Å²) in [6, 6.07) is 14.2. The number of rotatable bonds is 6. The molecule has 0 fully saturated rings. The van der Waals surface area contributed by atoms with E-state index in [1.807, 2.05) is 42.8 Å². The second kappa shape index (κ2) is 8.78. The number of carbonyl (C=O) groups is 1. The molecule has 0 aliphatic rings. The van der Waals surface area contributed by atoms with E-state index in [1.54, 1.807) is 36.0 Å². The number of benzene rings is 2. The quantitative estimate of drug-likeness (QED) is 0.575. The van der Waals surface area contributed by atoms with Crippen molar-refractivity contribution >= 4 is 40.9 Å². The predicted octanol–water partition coefficient (Wildman–Crippen LogP) is 4.91. The summed E-state index contributed by atoms with van der Waals surface area (Å²) in [6.45, 7) is 1.88.